The predicted molar refractivity (Wildman–Crippen MR) is 157 cm³/mol. The quantitative estimate of drug-likeness (QED) is 0.264. The van der Waals surface area contributed by atoms with Crippen LogP contribution in [-0.2, 0) is 0 Å². The van der Waals surface area contributed by atoms with E-state index in [2.05, 4.69) is 16.7 Å². The molecule has 1 aliphatic rings. The number of nitrogens with zero attached hydrogens (tertiary/aromatic N) is 5. The first-order valence-corrected chi connectivity index (χ1v) is 13.8. The highest BCUT2D eigenvalue weighted by Crippen LogP contribution is 2.35. The number of rotatable bonds is 7. The van der Waals surface area contributed by atoms with Crippen LogP contribution in [0.25, 0.3) is 39.4 Å². The highest BCUT2D eigenvalue weighted by molar-refractivity contribution is 7.15. The van der Waals surface area contributed by atoms with Gasteiger partial charge in [0.1, 0.15) is 31.3 Å². The summed E-state index contributed by atoms with van der Waals surface area (Å²) in [5.74, 6) is 2.57. The second-order valence-corrected chi connectivity index (χ2v) is 10.3. The molecule has 10 heteroatoms. The van der Waals surface area contributed by atoms with Crippen LogP contribution in [0.5, 0.6) is 17.2 Å². The molecule has 3 aromatic carbocycles. The summed E-state index contributed by atoms with van der Waals surface area (Å²) in [5, 5.41) is 9.38. The molecule has 0 aliphatic carbocycles. The van der Waals surface area contributed by atoms with E-state index < -0.39 is 0 Å². The smallest absolute Gasteiger partial charge is 0.291 e. The first kappa shape index (κ1) is 24.8. The average Bonchev–Trinajstić information content (AvgIpc) is 3.71. The lowest BCUT2D eigenvalue weighted by Crippen LogP contribution is -2.23. The Morgan fingerprint density at radius 1 is 0.951 bits per heavy atom. The van der Waals surface area contributed by atoms with Gasteiger partial charge < -0.3 is 14.2 Å². The summed E-state index contributed by atoms with van der Waals surface area (Å²) in [6, 6.07) is 23.0. The lowest BCUT2D eigenvalue weighted by Gasteiger charge is -2.18. The molecule has 9 nitrogen and oxygen atoms in total. The molecular weight excluding hydrogens is 538 g/mol. The zero-order valence-electron chi connectivity index (χ0n) is 21.8. The molecule has 3 aromatic heterocycles. The minimum absolute atomic E-state index is 0.240. The molecule has 0 unspecified atom stereocenters. The molecule has 0 N–H and O–H groups in total. The Kier molecular flexibility index (Phi) is 6.29. The maximum Gasteiger partial charge on any atom is 0.291 e. The van der Waals surface area contributed by atoms with Crippen molar-refractivity contribution in [3.05, 3.63) is 112 Å². The Balaban J connectivity index is 1.29. The van der Waals surface area contributed by atoms with Gasteiger partial charge in [0.15, 0.2) is 17.3 Å². The van der Waals surface area contributed by atoms with Crippen molar-refractivity contribution >= 4 is 22.4 Å². The number of fused-ring (bicyclic) bond motifs is 2. The van der Waals surface area contributed by atoms with Crippen LogP contribution in [0, 0.1) is 0 Å². The molecule has 0 fully saturated rings. The van der Waals surface area contributed by atoms with E-state index in [4.69, 9.17) is 19.3 Å². The van der Waals surface area contributed by atoms with E-state index in [9.17, 15) is 4.79 Å². The lowest BCUT2D eigenvalue weighted by molar-refractivity contribution is 0.171. The van der Waals surface area contributed by atoms with E-state index in [1.807, 2.05) is 85.1 Å². The minimum Gasteiger partial charge on any atom is -0.490 e. The molecule has 1 aliphatic heterocycles. The van der Waals surface area contributed by atoms with Gasteiger partial charge in [-0.2, -0.15) is 14.6 Å². The maximum absolute atomic E-state index is 13.4. The molecule has 0 saturated carbocycles. The van der Waals surface area contributed by atoms with Gasteiger partial charge in [-0.25, -0.2) is 4.68 Å². The van der Waals surface area contributed by atoms with Crippen LogP contribution in [-0.4, -0.2) is 44.2 Å². The fourth-order valence-electron chi connectivity index (χ4n) is 4.57. The van der Waals surface area contributed by atoms with Crippen molar-refractivity contribution in [3.8, 4) is 45.6 Å². The Morgan fingerprint density at radius 2 is 1.73 bits per heavy atom. The van der Waals surface area contributed by atoms with Gasteiger partial charge in [0.25, 0.3) is 5.56 Å². The highest BCUT2D eigenvalue weighted by Gasteiger charge is 2.18. The molecule has 0 amide bonds. The zero-order valence-corrected chi connectivity index (χ0v) is 22.6. The number of aromatic nitrogens is 5. The van der Waals surface area contributed by atoms with Crippen LogP contribution < -0.4 is 24.3 Å². The van der Waals surface area contributed by atoms with Crippen molar-refractivity contribution in [3.63, 3.8) is 0 Å². The Hall–Kier alpha value is -5.22. The second kappa shape index (κ2) is 10.4. The number of thiazole rings is 1. The largest absolute Gasteiger partial charge is 0.490 e. The number of benzene rings is 3. The normalized spacial score (nSPS) is 13.0. The maximum atomic E-state index is 13.4. The third-order valence-corrected chi connectivity index (χ3v) is 7.49. The molecule has 0 bridgehead atoms. The number of hydrogen-bond acceptors (Lipinski definition) is 8. The van der Waals surface area contributed by atoms with Crippen molar-refractivity contribution in [1.29, 1.82) is 0 Å². The van der Waals surface area contributed by atoms with E-state index >= 15 is 0 Å². The summed E-state index contributed by atoms with van der Waals surface area (Å²) < 4.78 is 20.7. The molecular formula is C31H23N5O4S. The topological polar surface area (TPSA) is 92.8 Å². The van der Waals surface area contributed by atoms with E-state index in [-0.39, 0.29) is 5.56 Å². The van der Waals surface area contributed by atoms with Gasteiger partial charge in [-0.3, -0.25) is 4.79 Å². The third-order valence-electron chi connectivity index (χ3n) is 6.53. The van der Waals surface area contributed by atoms with Gasteiger partial charge in [0, 0.05) is 22.9 Å². The van der Waals surface area contributed by atoms with Crippen LogP contribution in [0.15, 0.2) is 96.4 Å². The predicted octanol–water partition coefficient (Wildman–Crippen LogP) is 4.55. The lowest BCUT2D eigenvalue weighted by atomic mass is 10.1. The molecule has 202 valence electrons. The summed E-state index contributed by atoms with van der Waals surface area (Å²) >= 11 is 1.28. The molecule has 0 atom stereocenters. The number of hydrogen-bond donors (Lipinski definition) is 0. The molecule has 7 rings (SSSR count). The van der Waals surface area contributed by atoms with Crippen molar-refractivity contribution in [2.75, 3.05) is 19.8 Å². The second-order valence-electron chi connectivity index (χ2n) is 9.24. The van der Waals surface area contributed by atoms with E-state index in [1.54, 1.807) is 10.8 Å². The molecule has 41 heavy (non-hydrogen) atoms. The fraction of sp³-hybridized carbons (Fsp3) is 0.0968. The van der Waals surface area contributed by atoms with E-state index in [1.165, 1.54) is 15.9 Å². The van der Waals surface area contributed by atoms with Crippen LogP contribution in [0.1, 0.15) is 5.56 Å². The van der Waals surface area contributed by atoms with E-state index in [0.717, 1.165) is 28.1 Å². The van der Waals surface area contributed by atoms with Gasteiger partial charge in [-0.1, -0.05) is 42.2 Å². The highest BCUT2D eigenvalue weighted by atomic mass is 32.1. The van der Waals surface area contributed by atoms with E-state index in [0.29, 0.717) is 52.3 Å². The Labute approximate surface area is 238 Å². The minimum atomic E-state index is -0.240. The fourth-order valence-corrected chi connectivity index (χ4v) is 5.47. The van der Waals surface area contributed by atoms with Crippen LogP contribution in [0.2, 0.25) is 0 Å². The third kappa shape index (κ3) is 4.74. The molecule has 0 spiro atoms. The number of para-hydroxylation sites is 1. The zero-order chi connectivity index (χ0) is 27.8. The Bertz CT molecular complexity index is 1990. The monoisotopic (exact) mass is 561 g/mol. The van der Waals surface area contributed by atoms with Crippen molar-refractivity contribution in [2.45, 2.75) is 0 Å². The van der Waals surface area contributed by atoms with Crippen LogP contribution >= 0.6 is 11.3 Å². The molecule has 0 saturated heterocycles. The number of ether oxygens (including phenoxy) is 3. The van der Waals surface area contributed by atoms with Crippen LogP contribution in [0.4, 0.5) is 0 Å². The van der Waals surface area contributed by atoms with Gasteiger partial charge >= 0.3 is 0 Å². The molecule has 4 heterocycles. The summed E-state index contributed by atoms with van der Waals surface area (Å²) in [7, 11) is 0. The Morgan fingerprint density at radius 3 is 2.51 bits per heavy atom. The summed E-state index contributed by atoms with van der Waals surface area (Å²) in [6.07, 6.45) is 5.45. The summed E-state index contributed by atoms with van der Waals surface area (Å²) in [5.41, 5.74) is 3.80. The van der Waals surface area contributed by atoms with Crippen LogP contribution in [0.3, 0.4) is 0 Å². The van der Waals surface area contributed by atoms with Gasteiger partial charge in [0.05, 0.1) is 10.2 Å². The first-order valence-electron chi connectivity index (χ1n) is 13.0. The van der Waals surface area contributed by atoms with Gasteiger partial charge in [-0.15, -0.1) is 5.10 Å². The van der Waals surface area contributed by atoms with Crippen molar-refractivity contribution < 1.29 is 14.2 Å². The van der Waals surface area contributed by atoms with Gasteiger partial charge in [0.2, 0.25) is 4.96 Å². The van der Waals surface area contributed by atoms with Crippen molar-refractivity contribution in [1.82, 2.24) is 24.4 Å². The van der Waals surface area contributed by atoms with Crippen molar-refractivity contribution in [2.24, 2.45) is 0 Å². The molecule has 6 aromatic rings. The van der Waals surface area contributed by atoms with Gasteiger partial charge in [-0.05, 0) is 60.7 Å². The first-order chi connectivity index (χ1) is 20.2. The molecule has 0 radical (unpaired) electrons. The SMILES string of the molecule is C=CCOc1ccc(-c2nc3s/c(=C\c4cn(-c5ccccc5)nc4-c4ccc5c(c4)OCCO5)c(=O)n3n2)cc1. The average molecular weight is 562 g/mol. The summed E-state index contributed by atoms with van der Waals surface area (Å²) in [6.45, 7) is 5.10. The summed E-state index contributed by atoms with van der Waals surface area (Å²) in [4.78, 5) is 18.5. The standard InChI is InChI=1S/C31H23N5O4S/c1-2-14-38-24-11-8-20(9-12-24)29-32-31-36(34-29)30(37)27(41-31)18-22-19-35(23-6-4-3-5-7-23)33-28(22)21-10-13-25-26(17-21)40-16-15-39-25/h2-13,17-19H,1,14-16H2/b27-18-.